The van der Waals surface area contributed by atoms with Crippen LogP contribution in [0.25, 0.3) is 0 Å². The maximum absolute atomic E-state index is 11.5. The zero-order valence-corrected chi connectivity index (χ0v) is 12.6. The highest BCUT2D eigenvalue weighted by Gasteiger charge is 2.20. The normalized spacial score (nSPS) is 12.6. The standard InChI is InChI=1S/C14H17NO8/c1-2-19-14(16)23-12-9-11(20-6-7-22-15(17)18)8-10-4-3-5-21-13(10)12/h8-9H,2-7H2,1H3. The van der Waals surface area contributed by atoms with Crippen molar-refractivity contribution < 1.29 is 33.7 Å². The SMILES string of the molecule is CCOC(=O)Oc1cc(OCCO[N+](=O)[O-])cc2c1OCCC2. The van der Waals surface area contributed by atoms with E-state index in [1.165, 1.54) is 6.07 Å². The van der Waals surface area contributed by atoms with Gasteiger partial charge in [-0.2, -0.15) is 0 Å². The Hall–Kier alpha value is -2.71. The van der Waals surface area contributed by atoms with Crippen LogP contribution >= 0.6 is 0 Å². The molecule has 9 heteroatoms. The number of ether oxygens (including phenoxy) is 4. The van der Waals surface area contributed by atoms with Gasteiger partial charge in [0.15, 0.2) is 11.5 Å². The Labute approximate surface area is 132 Å². The number of hydrogen-bond acceptors (Lipinski definition) is 8. The van der Waals surface area contributed by atoms with Crippen LogP contribution in [0.15, 0.2) is 12.1 Å². The third kappa shape index (κ3) is 4.90. The fourth-order valence-corrected chi connectivity index (χ4v) is 2.09. The zero-order valence-electron chi connectivity index (χ0n) is 12.6. The average Bonchev–Trinajstić information content (AvgIpc) is 2.51. The molecule has 0 spiro atoms. The van der Waals surface area contributed by atoms with Crippen molar-refractivity contribution in [3.8, 4) is 17.2 Å². The molecule has 0 unspecified atom stereocenters. The van der Waals surface area contributed by atoms with Crippen molar-refractivity contribution in [2.24, 2.45) is 0 Å². The van der Waals surface area contributed by atoms with E-state index < -0.39 is 11.2 Å². The lowest BCUT2D eigenvalue weighted by atomic mass is 10.1. The Morgan fingerprint density at radius 3 is 2.96 bits per heavy atom. The maximum atomic E-state index is 11.5. The first-order chi connectivity index (χ1) is 11.1. The van der Waals surface area contributed by atoms with Crippen molar-refractivity contribution >= 4 is 6.16 Å². The average molecular weight is 327 g/mol. The molecule has 9 nitrogen and oxygen atoms in total. The van der Waals surface area contributed by atoms with Gasteiger partial charge in [-0.1, -0.05) is 0 Å². The van der Waals surface area contributed by atoms with E-state index in [1.54, 1.807) is 13.0 Å². The van der Waals surface area contributed by atoms with Gasteiger partial charge in [0.25, 0.3) is 5.09 Å². The van der Waals surface area contributed by atoms with Crippen molar-refractivity contribution in [1.29, 1.82) is 0 Å². The second-order valence-corrected chi connectivity index (χ2v) is 4.55. The van der Waals surface area contributed by atoms with Crippen LogP contribution in [0.1, 0.15) is 18.9 Å². The van der Waals surface area contributed by atoms with E-state index in [0.29, 0.717) is 18.1 Å². The third-order valence-electron chi connectivity index (χ3n) is 2.95. The number of hydrogen-bond donors (Lipinski definition) is 0. The van der Waals surface area contributed by atoms with Gasteiger partial charge in [0.1, 0.15) is 19.0 Å². The van der Waals surface area contributed by atoms with E-state index in [0.717, 1.165) is 18.4 Å². The number of benzene rings is 1. The number of carbonyl (C=O) groups is 1. The molecule has 23 heavy (non-hydrogen) atoms. The summed E-state index contributed by atoms with van der Waals surface area (Å²) in [7, 11) is 0. The first-order valence-corrected chi connectivity index (χ1v) is 7.14. The number of rotatable bonds is 7. The molecule has 0 atom stereocenters. The van der Waals surface area contributed by atoms with Gasteiger partial charge in [-0.25, -0.2) is 4.79 Å². The maximum Gasteiger partial charge on any atom is 0.513 e. The Balaban J connectivity index is 2.10. The quantitative estimate of drug-likeness (QED) is 0.246. The van der Waals surface area contributed by atoms with E-state index >= 15 is 0 Å². The summed E-state index contributed by atoms with van der Waals surface area (Å²) < 4.78 is 20.8. The molecule has 0 aromatic heterocycles. The molecule has 1 aromatic carbocycles. The summed E-state index contributed by atoms with van der Waals surface area (Å²) in [5.41, 5.74) is 0.836. The molecule has 126 valence electrons. The van der Waals surface area contributed by atoms with Crippen molar-refractivity contribution in [3.63, 3.8) is 0 Å². The summed E-state index contributed by atoms with van der Waals surface area (Å²) >= 11 is 0. The molecule has 0 radical (unpaired) electrons. The van der Waals surface area contributed by atoms with Gasteiger partial charge in [0.2, 0.25) is 0 Å². The zero-order chi connectivity index (χ0) is 16.7. The summed E-state index contributed by atoms with van der Waals surface area (Å²) in [4.78, 5) is 25.8. The summed E-state index contributed by atoms with van der Waals surface area (Å²) in [6, 6.07) is 3.23. The number of aryl methyl sites for hydroxylation is 1. The molecule has 1 heterocycles. The minimum atomic E-state index is -0.890. The van der Waals surface area contributed by atoms with Gasteiger partial charge in [-0.05, 0) is 25.8 Å². The lowest BCUT2D eigenvalue weighted by Gasteiger charge is -2.21. The van der Waals surface area contributed by atoms with Crippen LogP contribution in [0.4, 0.5) is 4.79 Å². The number of fused-ring (bicyclic) bond motifs is 1. The summed E-state index contributed by atoms with van der Waals surface area (Å²) in [5, 5.41) is 9.19. The monoisotopic (exact) mass is 327 g/mol. The molecule has 0 saturated heterocycles. The summed E-state index contributed by atoms with van der Waals surface area (Å²) in [6.07, 6.45) is 0.745. The molecule has 0 N–H and O–H groups in total. The van der Waals surface area contributed by atoms with Crippen LogP contribution in [0.2, 0.25) is 0 Å². The summed E-state index contributed by atoms with van der Waals surface area (Å²) in [5.74, 6) is 1.09. The number of carbonyl (C=O) groups excluding carboxylic acids is 1. The van der Waals surface area contributed by atoms with Crippen molar-refractivity contribution in [3.05, 3.63) is 27.8 Å². The van der Waals surface area contributed by atoms with Gasteiger partial charge in [0, 0.05) is 11.6 Å². The van der Waals surface area contributed by atoms with E-state index in [9.17, 15) is 14.9 Å². The number of nitrogens with zero attached hydrogens (tertiary/aromatic N) is 1. The van der Waals surface area contributed by atoms with Crippen molar-refractivity contribution in [1.82, 2.24) is 0 Å². The van der Waals surface area contributed by atoms with E-state index in [1.807, 2.05) is 0 Å². The fraction of sp³-hybridized carbons (Fsp3) is 0.500. The van der Waals surface area contributed by atoms with Gasteiger partial charge in [0.05, 0.1) is 13.2 Å². The highest BCUT2D eigenvalue weighted by Crippen LogP contribution is 2.39. The molecule has 1 aliphatic heterocycles. The predicted molar refractivity (Wildman–Crippen MR) is 76.3 cm³/mol. The van der Waals surface area contributed by atoms with E-state index in [4.69, 9.17) is 18.9 Å². The highest BCUT2D eigenvalue weighted by molar-refractivity contribution is 5.67. The molecule has 1 aliphatic rings. The van der Waals surface area contributed by atoms with Crippen molar-refractivity contribution in [2.45, 2.75) is 19.8 Å². The first kappa shape index (κ1) is 16.7. The van der Waals surface area contributed by atoms with Crippen LogP contribution in [0.3, 0.4) is 0 Å². The van der Waals surface area contributed by atoms with Crippen LogP contribution in [0.5, 0.6) is 17.2 Å². The van der Waals surface area contributed by atoms with Crippen LogP contribution < -0.4 is 14.2 Å². The van der Waals surface area contributed by atoms with Gasteiger partial charge < -0.3 is 23.8 Å². The molecule has 2 rings (SSSR count). The van der Waals surface area contributed by atoms with E-state index in [-0.39, 0.29) is 25.6 Å². The van der Waals surface area contributed by atoms with Gasteiger partial charge >= 0.3 is 6.16 Å². The lowest BCUT2D eigenvalue weighted by molar-refractivity contribution is -0.757. The van der Waals surface area contributed by atoms with Gasteiger partial charge in [-0.15, -0.1) is 10.1 Å². The Morgan fingerprint density at radius 1 is 1.39 bits per heavy atom. The minimum Gasteiger partial charge on any atom is -0.491 e. The second-order valence-electron chi connectivity index (χ2n) is 4.55. The van der Waals surface area contributed by atoms with Crippen LogP contribution in [0, 0.1) is 10.1 Å². The smallest absolute Gasteiger partial charge is 0.491 e. The molecular weight excluding hydrogens is 310 g/mol. The molecule has 0 bridgehead atoms. The molecule has 0 fully saturated rings. The van der Waals surface area contributed by atoms with E-state index in [2.05, 4.69) is 4.84 Å². The Morgan fingerprint density at radius 2 is 2.22 bits per heavy atom. The predicted octanol–water partition coefficient (Wildman–Crippen LogP) is 2.13. The van der Waals surface area contributed by atoms with Gasteiger partial charge in [-0.3, -0.25) is 0 Å². The van der Waals surface area contributed by atoms with Crippen molar-refractivity contribution in [2.75, 3.05) is 26.4 Å². The highest BCUT2D eigenvalue weighted by atomic mass is 17.0. The molecule has 1 aromatic rings. The van der Waals surface area contributed by atoms with Crippen LogP contribution in [-0.4, -0.2) is 37.7 Å². The lowest BCUT2D eigenvalue weighted by Crippen LogP contribution is -2.15. The third-order valence-corrected chi connectivity index (χ3v) is 2.95. The Bertz CT molecular complexity index is 574. The largest absolute Gasteiger partial charge is 0.513 e. The van der Waals surface area contributed by atoms with Crippen LogP contribution in [-0.2, 0) is 16.0 Å². The molecule has 0 aliphatic carbocycles. The molecule has 0 amide bonds. The molecule has 0 saturated carbocycles. The first-order valence-electron chi connectivity index (χ1n) is 7.14. The Kier molecular flexibility index (Phi) is 5.84. The summed E-state index contributed by atoms with van der Waals surface area (Å²) in [6.45, 7) is 2.18. The topological polar surface area (TPSA) is 106 Å². The fourth-order valence-electron chi connectivity index (χ4n) is 2.09. The second kappa shape index (κ2) is 8.06. The molecular formula is C14H17NO8. The minimum absolute atomic E-state index is 0.0144.